The molecule has 1 aromatic carbocycles. The van der Waals surface area contributed by atoms with Gasteiger partial charge in [-0.25, -0.2) is 9.03 Å². The largest absolute Gasteiger partial charge is 0.506 e. The van der Waals surface area contributed by atoms with Gasteiger partial charge in [0.2, 0.25) is 5.88 Å². The van der Waals surface area contributed by atoms with Crippen LogP contribution in [0, 0.1) is 0 Å². The number of hydrogen-bond acceptors (Lipinski definition) is 5. The molecule has 8 heteroatoms. The molecule has 20 heavy (non-hydrogen) atoms. The van der Waals surface area contributed by atoms with E-state index in [4.69, 9.17) is 4.74 Å². The van der Waals surface area contributed by atoms with Crippen LogP contribution in [0.3, 0.4) is 0 Å². The smallest absolute Gasteiger partial charge is 0.330 e. The molecule has 0 saturated carbocycles. The minimum Gasteiger partial charge on any atom is -0.506 e. The highest BCUT2D eigenvalue weighted by Gasteiger charge is 2.31. The first-order valence-corrected chi connectivity index (χ1v) is 7.55. The van der Waals surface area contributed by atoms with Crippen molar-refractivity contribution >= 4 is 15.9 Å². The second kappa shape index (κ2) is 4.57. The zero-order chi connectivity index (χ0) is 14.3. The predicted molar refractivity (Wildman–Crippen MR) is 71.5 cm³/mol. The van der Waals surface area contributed by atoms with Crippen LogP contribution in [0.15, 0.2) is 30.3 Å². The van der Waals surface area contributed by atoms with E-state index in [-0.39, 0.29) is 17.4 Å². The first kappa shape index (κ1) is 13.1. The molecule has 7 nitrogen and oxygen atoms in total. The van der Waals surface area contributed by atoms with Crippen LogP contribution in [-0.2, 0) is 14.9 Å². The number of aliphatic hydroxyl groups excluding tert-OH is 1. The van der Waals surface area contributed by atoms with Crippen LogP contribution in [0.5, 0.6) is 5.75 Å². The van der Waals surface area contributed by atoms with Crippen molar-refractivity contribution in [1.29, 1.82) is 0 Å². The number of anilines is 1. The summed E-state index contributed by atoms with van der Waals surface area (Å²) in [5.74, 6) is -0.479. The maximum Gasteiger partial charge on any atom is 0.330 e. The number of aromatic hydroxyl groups is 1. The quantitative estimate of drug-likeness (QED) is 0.753. The number of nitrogens with zero attached hydrogens (tertiary/aromatic N) is 1. The Balaban J connectivity index is 2.02. The van der Waals surface area contributed by atoms with E-state index >= 15 is 0 Å². The fourth-order valence-corrected chi connectivity index (χ4v) is 3.41. The molecule has 3 N–H and O–H groups in total. The highest BCUT2D eigenvalue weighted by molar-refractivity contribution is 7.91. The SMILES string of the molecule is O=S1(=O)NC(O)=CN1c1cc(C2CCOC2)ccc1O. The summed E-state index contributed by atoms with van der Waals surface area (Å²) in [5.41, 5.74) is 0.997. The Morgan fingerprint density at radius 2 is 2.15 bits per heavy atom. The number of benzene rings is 1. The van der Waals surface area contributed by atoms with Gasteiger partial charge in [-0.1, -0.05) is 6.07 Å². The molecule has 0 aliphatic carbocycles. The Hall–Kier alpha value is -1.93. The minimum atomic E-state index is -3.90. The van der Waals surface area contributed by atoms with Crippen LogP contribution in [0.4, 0.5) is 5.69 Å². The molecule has 0 aromatic heterocycles. The van der Waals surface area contributed by atoms with E-state index in [1.54, 1.807) is 12.1 Å². The van der Waals surface area contributed by atoms with Gasteiger partial charge in [0.05, 0.1) is 12.8 Å². The van der Waals surface area contributed by atoms with Crippen LogP contribution in [0.1, 0.15) is 17.9 Å². The molecule has 1 fully saturated rings. The van der Waals surface area contributed by atoms with Gasteiger partial charge in [0, 0.05) is 12.5 Å². The van der Waals surface area contributed by atoms with Crippen LogP contribution < -0.4 is 9.03 Å². The highest BCUT2D eigenvalue weighted by atomic mass is 32.2. The summed E-state index contributed by atoms with van der Waals surface area (Å²) in [4.78, 5) is 0. The number of rotatable bonds is 2. The lowest BCUT2D eigenvalue weighted by Gasteiger charge is -2.18. The summed E-state index contributed by atoms with van der Waals surface area (Å²) < 4.78 is 31.7. The predicted octanol–water partition coefficient (Wildman–Crippen LogP) is 0.907. The standard InChI is InChI=1S/C12H14N2O5S/c15-11-2-1-8(9-3-4-19-7-9)5-10(11)14-6-12(16)13-20(14,17)18/h1-2,5-6,9,13,15-16H,3-4,7H2. The average molecular weight is 298 g/mol. The summed E-state index contributed by atoms with van der Waals surface area (Å²) in [6.45, 7) is 1.25. The molecule has 0 bridgehead atoms. The van der Waals surface area contributed by atoms with E-state index in [1.165, 1.54) is 6.07 Å². The van der Waals surface area contributed by atoms with E-state index in [9.17, 15) is 18.6 Å². The number of phenolic OH excluding ortho intramolecular Hbond substituents is 1. The normalized spacial score (nSPS) is 24.5. The van der Waals surface area contributed by atoms with Crippen molar-refractivity contribution in [2.24, 2.45) is 0 Å². The van der Waals surface area contributed by atoms with Crippen molar-refractivity contribution < 1.29 is 23.4 Å². The third-order valence-corrected chi connectivity index (χ3v) is 4.66. The maximum absolute atomic E-state index is 11.8. The van der Waals surface area contributed by atoms with Crippen molar-refractivity contribution in [3.8, 4) is 5.75 Å². The first-order chi connectivity index (χ1) is 9.47. The van der Waals surface area contributed by atoms with E-state index in [1.807, 2.05) is 4.72 Å². The first-order valence-electron chi connectivity index (χ1n) is 6.11. The molecule has 2 aliphatic rings. The average Bonchev–Trinajstić information content (AvgIpc) is 2.98. The van der Waals surface area contributed by atoms with Crippen molar-refractivity contribution in [2.45, 2.75) is 12.3 Å². The lowest BCUT2D eigenvalue weighted by Crippen LogP contribution is -2.29. The molecule has 3 rings (SSSR count). The fourth-order valence-electron chi connectivity index (χ4n) is 2.36. The van der Waals surface area contributed by atoms with E-state index < -0.39 is 16.1 Å². The fraction of sp³-hybridized carbons (Fsp3) is 0.333. The third-order valence-electron chi connectivity index (χ3n) is 3.37. The zero-order valence-electron chi connectivity index (χ0n) is 10.5. The summed E-state index contributed by atoms with van der Waals surface area (Å²) in [5, 5.41) is 19.2. The van der Waals surface area contributed by atoms with Crippen LogP contribution >= 0.6 is 0 Å². The third kappa shape index (κ3) is 2.16. The van der Waals surface area contributed by atoms with Gasteiger partial charge in [-0.05, 0) is 24.1 Å². The molecular weight excluding hydrogens is 284 g/mol. The Bertz CT molecular complexity index is 664. The van der Waals surface area contributed by atoms with Crippen LogP contribution in [-0.4, -0.2) is 31.8 Å². The Kier molecular flexibility index (Phi) is 2.98. The summed E-state index contributed by atoms with van der Waals surface area (Å²) in [7, 11) is -3.90. The summed E-state index contributed by atoms with van der Waals surface area (Å²) in [6.07, 6.45) is 1.87. The van der Waals surface area contributed by atoms with Crippen molar-refractivity contribution in [3.63, 3.8) is 0 Å². The van der Waals surface area contributed by atoms with Gasteiger partial charge in [0.15, 0.2) is 0 Å². The van der Waals surface area contributed by atoms with Gasteiger partial charge >= 0.3 is 10.2 Å². The molecule has 1 saturated heterocycles. The lowest BCUT2D eigenvalue weighted by atomic mass is 9.98. The number of nitrogens with one attached hydrogen (secondary N) is 1. The van der Waals surface area contributed by atoms with Gasteiger partial charge < -0.3 is 14.9 Å². The molecule has 0 amide bonds. The van der Waals surface area contributed by atoms with Crippen LogP contribution in [0.25, 0.3) is 0 Å². The highest BCUT2D eigenvalue weighted by Crippen LogP contribution is 2.36. The molecule has 0 spiro atoms. The molecule has 1 aromatic rings. The van der Waals surface area contributed by atoms with E-state index in [0.29, 0.717) is 13.2 Å². The van der Waals surface area contributed by atoms with Crippen molar-refractivity contribution in [3.05, 3.63) is 35.8 Å². The van der Waals surface area contributed by atoms with E-state index in [2.05, 4.69) is 0 Å². The lowest BCUT2D eigenvalue weighted by molar-refractivity contribution is 0.194. The summed E-state index contributed by atoms with van der Waals surface area (Å²) >= 11 is 0. The number of phenols is 1. The van der Waals surface area contributed by atoms with Crippen LogP contribution in [0.2, 0.25) is 0 Å². The molecule has 1 atom stereocenters. The molecule has 1 unspecified atom stereocenters. The van der Waals surface area contributed by atoms with Gasteiger partial charge in [0.1, 0.15) is 11.4 Å². The second-order valence-electron chi connectivity index (χ2n) is 4.73. The maximum atomic E-state index is 11.8. The van der Waals surface area contributed by atoms with Gasteiger partial charge in [-0.15, -0.1) is 0 Å². The number of hydrogen-bond donors (Lipinski definition) is 3. The number of aliphatic hydroxyl groups is 1. The Labute approximate surface area is 116 Å². The van der Waals surface area contributed by atoms with E-state index in [0.717, 1.165) is 22.5 Å². The minimum absolute atomic E-state index is 0.103. The topological polar surface area (TPSA) is 99.1 Å². The monoisotopic (exact) mass is 298 g/mol. The second-order valence-corrected chi connectivity index (χ2v) is 6.27. The zero-order valence-corrected chi connectivity index (χ0v) is 11.3. The molecule has 108 valence electrons. The number of ether oxygens (including phenoxy) is 1. The van der Waals surface area contributed by atoms with Crippen molar-refractivity contribution in [1.82, 2.24) is 4.72 Å². The Morgan fingerprint density at radius 1 is 1.35 bits per heavy atom. The Morgan fingerprint density at radius 3 is 2.75 bits per heavy atom. The van der Waals surface area contributed by atoms with Gasteiger partial charge in [0.25, 0.3) is 0 Å². The van der Waals surface area contributed by atoms with Crippen molar-refractivity contribution in [2.75, 3.05) is 17.5 Å². The summed E-state index contributed by atoms with van der Waals surface area (Å²) in [6, 6.07) is 4.79. The molecule has 2 aliphatic heterocycles. The molecular formula is C12H14N2O5S. The van der Waals surface area contributed by atoms with Gasteiger partial charge in [-0.3, -0.25) is 0 Å². The molecule has 2 heterocycles. The van der Waals surface area contributed by atoms with Gasteiger partial charge in [-0.2, -0.15) is 8.42 Å². The molecule has 0 radical (unpaired) electrons.